The molecule has 1 amide bonds. The van der Waals surface area contributed by atoms with Crippen LogP contribution in [-0.2, 0) is 52.6 Å². The Labute approximate surface area is 628 Å². The van der Waals surface area contributed by atoms with E-state index in [2.05, 4.69) is 42.2 Å². The van der Waals surface area contributed by atoms with Crippen molar-refractivity contribution in [1.29, 1.82) is 0 Å². The minimum Gasteiger partial charge on any atom is -0.371 e. The molecule has 0 unspecified atom stereocenters. The van der Waals surface area contributed by atoms with Crippen molar-refractivity contribution < 1.29 is 44.8 Å². The molecule has 0 radical (unpaired) electrons. The zero-order valence-corrected chi connectivity index (χ0v) is 64.0. The van der Waals surface area contributed by atoms with Gasteiger partial charge in [0.2, 0.25) is 0 Å². The fourth-order valence-electron chi connectivity index (χ4n) is 13.9. The van der Waals surface area contributed by atoms with Gasteiger partial charge in [0.25, 0.3) is 5.91 Å². The van der Waals surface area contributed by atoms with E-state index in [-0.39, 0.29) is 57.3 Å². The van der Waals surface area contributed by atoms with Gasteiger partial charge < -0.3 is 48.4 Å². The van der Waals surface area contributed by atoms with Crippen molar-refractivity contribution >= 4 is 102 Å². The second kappa shape index (κ2) is 32.8. The first-order chi connectivity index (χ1) is 50.8. The Morgan fingerprint density at radius 1 is 0.434 bits per heavy atom. The molecule has 9 heterocycles. The number of rotatable bonds is 13. The van der Waals surface area contributed by atoms with Gasteiger partial charge in [0.05, 0.1) is 83.6 Å². The SMILES string of the molecule is CP1(=O)CCN(C(=O)c2cccc(-c3cnc4c(n3)N(Cc3c(F)ccc(F)c3Cl)CCC4)c2)CC1.CP1(=O)CCN(c2ccc(Nc3cnc4c(n3)N(Cc3c(F)ccc(F)c3Cl)CCCC4)cc2)CC1.CP1(=O)CCN(c2cccc(-c3cnc4c(n3)N(Cc3c(F)ccc(F)c3Cl)CCC4)c2)CC1. The lowest BCUT2D eigenvalue weighted by Gasteiger charge is -2.32. The molecule has 6 aliphatic heterocycles. The molecule has 3 aromatic heterocycles. The average molecular weight is 1570 g/mol. The summed E-state index contributed by atoms with van der Waals surface area (Å²) in [5.74, 6) is -1.16. The van der Waals surface area contributed by atoms with Crippen molar-refractivity contribution in [3.8, 4) is 22.5 Å². The molecular formula is C77H81Cl3F6N13O4P3. The lowest BCUT2D eigenvalue weighted by molar-refractivity contribution is 0.0769. The normalized spacial score (nSPS) is 17.4. The van der Waals surface area contributed by atoms with Gasteiger partial charge in [-0.2, -0.15) is 0 Å². The van der Waals surface area contributed by atoms with Gasteiger partial charge in [-0.3, -0.25) is 19.7 Å². The predicted octanol–water partition coefficient (Wildman–Crippen LogP) is 17.6. The quantitative estimate of drug-likeness (QED) is 0.0654. The van der Waals surface area contributed by atoms with E-state index in [0.717, 1.165) is 183 Å². The molecule has 1 N–H and O–H groups in total. The molecule has 0 aliphatic carbocycles. The number of anilines is 7. The molecule has 0 atom stereocenters. The lowest BCUT2D eigenvalue weighted by Crippen LogP contribution is -2.39. The van der Waals surface area contributed by atoms with Crippen LogP contribution in [0.5, 0.6) is 0 Å². The molecule has 556 valence electrons. The average Bonchev–Trinajstić information content (AvgIpc) is 1.26. The molecule has 0 spiro atoms. The Kier molecular flexibility index (Phi) is 23.6. The molecule has 9 aromatic rings. The van der Waals surface area contributed by atoms with E-state index in [1.165, 1.54) is 0 Å². The van der Waals surface area contributed by atoms with Crippen LogP contribution >= 0.6 is 56.2 Å². The third-order valence-electron chi connectivity index (χ3n) is 20.4. The predicted molar refractivity (Wildman–Crippen MR) is 414 cm³/mol. The number of nitrogens with one attached hydrogen (secondary N) is 1. The van der Waals surface area contributed by atoms with Crippen LogP contribution in [0.25, 0.3) is 22.5 Å². The van der Waals surface area contributed by atoms with Crippen LogP contribution in [0.4, 0.5) is 66.7 Å². The summed E-state index contributed by atoms with van der Waals surface area (Å²) < 4.78 is 122. The number of benzene rings is 6. The summed E-state index contributed by atoms with van der Waals surface area (Å²) in [5.41, 5.74) is 9.33. The monoisotopic (exact) mass is 1560 g/mol. The van der Waals surface area contributed by atoms with Gasteiger partial charge in [-0.05, 0) is 150 Å². The maximum atomic E-state index is 14.5. The summed E-state index contributed by atoms with van der Waals surface area (Å²) in [6.45, 7) is 11.9. The molecule has 17 nitrogen and oxygen atoms in total. The number of aromatic nitrogens is 6. The van der Waals surface area contributed by atoms with Crippen molar-refractivity contribution in [1.82, 2.24) is 34.8 Å². The summed E-state index contributed by atoms with van der Waals surface area (Å²) in [4.78, 5) is 53.5. The molecule has 106 heavy (non-hydrogen) atoms. The lowest BCUT2D eigenvalue weighted by atomic mass is 10.1. The number of hydrogen-bond donors (Lipinski definition) is 1. The molecule has 29 heteroatoms. The molecule has 3 saturated heterocycles. The van der Waals surface area contributed by atoms with E-state index in [1.54, 1.807) is 48.4 Å². The van der Waals surface area contributed by atoms with Crippen LogP contribution in [0.3, 0.4) is 0 Å². The van der Waals surface area contributed by atoms with Crippen molar-refractivity contribution in [3.05, 3.63) is 217 Å². The smallest absolute Gasteiger partial charge is 0.253 e. The van der Waals surface area contributed by atoms with Crippen molar-refractivity contribution in [3.63, 3.8) is 0 Å². The van der Waals surface area contributed by atoms with Crippen LogP contribution in [0.15, 0.2) is 128 Å². The fraction of sp³-hybridized carbons (Fsp3) is 0.364. The summed E-state index contributed by atoms with van der Waals surface area (Å²) in [6, 6.07) is 29.8. The van der Waals surface area contributed by atoms with Gasteiger partial charge >= 0.3 is 0 Å². The van der Waals surface area contributed by atoms with Gasteiger partial charge in [0.1, 0.15) is 34.9 Å². The third kappa shape index (κ3) is 18.1. The number of amides is 1. The largest absolute Gasteiger partial charge is 0.371 e. The van der Waals surface area contributed by atoms with Crippen molar-refractivity contribution in [2.24, 2.45) is 0 Å². The summed E-state index contributed by atoms with van der Waals surface area (Å²) in [7, 11) is -6.11. The van der Waals surface area contributed by atoms with Crippen LogP contribution in [0.1, 0.15) is 69.8 Å². The highest BCUT2D eigenvalue weighted by molar-refractivity contribution is 7.63. The zero-order chi connectivity index (χ0) is 74.6. The van der Waals surface area contributed by atoms with E-state index in [1.807, 2.05) is 70.5 Å². The van der Waals surface area contributed by atoms with Crippen LogP contribution in [0.2, 0.25) is 15.1 Å². The maximum absolute atomic E-state index is 14.5. The number of fused-ring (bicyclic) bond motifs is 3. The van der Waals surface area contributed by atoms with E-state index >= 15 is 0 Å². The summed E-state index contributed by atoms with van der Waals surface area (Å²) in [6.07, 6.45) is 15.0. The van der Waals surface area contributed by atoms with E-state index in [4.69, 9.17) is 49.8 Å². The second-order valence-electron chi connectivity index (χ2n) is 28.3. The molecule has 3 fully saturated rings. The number of halogens is 9. The van der Waals surface area contributed by atoms with Crippen molar-refractivity contribution in [2.45, 2.75) is 64.6 Å². The molecule has 0 saturated carbocycles. The first kappa shape index (κ1) is 76.2. The third-order valence-corrected chi connectivity index (χ3v) is 28.5. The Morgan fingerprint density at radius 2 is 0.830 bits per heavy atom. The summed E-state index contributed by atoms with van der Waals surface area (Å²) >= 11 is 18.2. The molecular weight excluding hydrogens is 1480 g/mol. The highest BCUT2D eigenvalue weighted by Gasteiger charge is 2.32. The topological polar surface area (TPSA) is 177 Å². The maximum Gasteiger partial charge on any atom is 0.253 e. The van der Waals surface area contributed by atoms with Crippen LogP contribution in [-0.4, -0.2) is 157 Å². The Hall–Kier alpha value is -8.03. The van der Waals surface area contributed by atoms with Gasteiger partial charge in [-0.25, -0.2) is 41.3 Å². The number of nitrogens with zero attached hydrogens (tertiary/aromatic N) is 12. The summed E-state index contributed by atoms with van der Waals surface area (Å²) in [5, 5.41) is 2.70. The molecule has 6 aromatic carbocycles. The highest BCUT2D eigenvalue weighted by Crippen LogP contribution is 2.46. The van der Waals surface area contributed by atoms with Gasteiger partial charge in [0, 0.05) is 166 Å². The van der Waals surface area contributed by atoms with Gasteiger partial charge in [0.15, 0.2) is 23.3 Å². The fourth-order valence-corrected chi connectivity index (χ4v) is 19.2. The van der Waals surface area contributed by atoms with E-state index in [9.17, 15) is 44.8 Å². The zero-order valence-electron chi connectivity index (χ0n) is 59.0. The number of aryl methyl sites for hydroxylation is 3. The first-order valence-electron chi connectivity index (χ1n) is 35.5. The minimum absolute atomic E-state index is 0.0718. The van der Waals surface area contributed by atoms with Crippen molar-refractivity contribution in [2.75, 3.05) is 146 Å². The van der Waals surface area contributed by atoms with Crippen LogP contribution < -0.4 is 29.8 Å². The van der Waals surface area contributed by atoms with E-state index in [0.29, 0.717) is 79.6 Å². The van der Waals surface area contributed by atoms with Gasteiger partial charge in [-0.1, -0.05) is 59.1 Å². The molecule has 6 aliphatic rings. The number of carbonyl (C=O) groups is 1. The standard InChI is InChI=1S/C26H29ClF2N5OP.C26H26ClF2N4O2P.C25H26ClF2N4OP/c1-36(35)14-12-33(13-15-36)19-7-5-18(6-8-19)31-24-16-30-23-4-2-3-11-34(26(23)32-24)17-20-21(28)9-10-22(29)25(20)27;1-36(35)12-10-32(11-13-36)26(34)18-5-2-4-17(14-18)23-15-30-22-6-3-9-33(25(22)31-23)16-19-20(28)7-8-21(29)24(19)27;1-34(33)12-10-31(11-13-34)18-5-2-4-17(14-18)23-15-29-22-6-3-9-32(25(22)30-23)16-19-20(27)7-8-21(28)24(19)26/h5-10,16H,2-4,11-15,17H2,1H3,(H,31,32);2,4-5,7-8,14-15H,3,6,9-13,16H2,1H3;2,4-5,7-8,14-15H,3,6,9-13,16H2,1H3. The Bertz CT molecular complexity index is 4900. The number of carbonyl (C=O) groups excluding carboxylic acids is 1. The molecule has 0 bridgehead atoms. The Morgan fingerprint density at radius 3 is 1.31 bits per heavy atom. The number of hydrogen-bond acceptors (Lipinski definition) is 16. The van der Waals surface area contributed by atoms with Gasteiger partial charge in [-0.15, -0.1) is 0 Å². The van der Waals surface area contributed by atoms with Crippen LogP contribution in [0, 0.1) is 34.9 Å². The molecule has 15 rings (SSSR count). The van der Waals surface area contributed by atoms with E-state index < -0.39 is 56.3 Å². The first-order valence-corrected chi connectivity index (χ1v) is 44.3. The second-order valence-corrected chi connectivity index (χ2v) is 39.9. The Balaban J connectivity index is 0.000000141. The highest BCUT2D eigenvalue weighted by atomic mass is 35.5. The minimum atomic E-state index is -2.13.